The Bertz CT molecular complexity index is 796. The van der Waals surface area contributed by atoms with Crippen molar-refractivity contribution in [2.45, 2.75) is 77.4 Å². The van der Waals surface area contributed by atoms with Crippen LogP contribution in [0.2, 0.25) is 0 Å². The van der Waals surface area contributed by atoms with E-state index < -0.39 is 11.4 Å². The Morgan fingerprint density at radius 3 is 2.41 bits per heavy atom. The Labute approximate surface area is 174 Å². The highest BCUT2D eigenvalue weighted by Gasteiger charge is 2.61. The van der Waals surface area contributed by atoms with Crippen molar-refractivity contribution in [2.75, 3.05) is 7.05 Å². The Hall–Kier alpha value is -2.11. The molecule has 2 aliphatic carbocycles. The molecule has 0 aliphatic heterocycles. The molecular formula is C24H33NO4. The first kappa shape index (κ1) is 21.6. The van der Waals surface area contributed by atoms with E-state index in [0.29, 0.717) is 0 Å². The SMILES string of the molecule is CC(C)OC1=C(OC(C)C)[C@@](O)(C2=CCCC[C@@H]2N(C)Cc2ccccc2)C1=O. The first-order chi connectivity index (χ1) is 13.7. The zero-order valence-corrected chi connectivity index (χ0v) is 18.1. The third-order valence-corrected chi connectivity index (χ3v) is 5.41. The fourth-order valence-corrected chi connectivity index (χ4v) is 4.14. The number of aliphatic hydroxyl groups is 1. The summed E-state index contributed by atoms with van der Waals surface area (Å²) in [5, 5.41) is 11.6. The van der Waals surface area contributed by atoms with Gasteiger partial charge in [0.15, 0.2) is 5.76 Å². The molecule has 0 bridgehead atoms. The van der Waals surface area contributed by atoms with Gasteiger partial charge in [0, 0.05) is 12.6 Å². The van der Waals surface area contributed by atoms with Crippen molar-refractivity contribution in [3.8, 4) is 0 Å². The van der Waals surface area contributed by atoms with Crippen LogP contribution in [0, 0.1) is 0 Å². The maximum Gasteiger partial charge on any atom is 0.244 e. The van der Waals surface area contributed by atoms with Crippen molar-refractivity contribution < 1.29 is 19.4 Å². The van der Waals surface area contributed by atoms with E-state index in [9.17, 15) is 9.90 Å². The molecular weight excluding hydrogens is 366 g/mol. The molecule has 5 nitrogen and oxygen atoms in total. The summed E-state index contributed by atoms with van der Waals surface area (Å²) in [6.45, 7) is 8.24. The number of hydrogen-bond donors (Lipinski definition) is 1. The molecule has 0 aromatic heterocycles. The molecule has 1 aromatic rings. The molecule has 29 heavy (non-hydrogen) atoms. The van der Waals surface area contributed by atoms with Crippen LogP contribution in [-0.4, -0.2) is 46.7 Å². The monoisotopic (exact) mass is 399 g/mol. The van der Waals surface area contributed by atoms with Crippen LogP contribution in [-0.2, 0) is 20.8 Å². The smallest absolute Gasteiger partial charge is 0.244 e. The topological polar surface area (TPSA) is 59.0 Å². The number of nitrogens with zero attached hydrogens (tertiary/aromatic N) is 1. The van der Waals surface area contributed by atoms with Crippen molar-refractivity contribution in [1.29, 1.82) is 0 Å². The summed E-state index contributed by atoms with van der Waals surface area (Å²) in [6.07, 6.45) is 4.44. The summed E-state index contributed by atoms with van der Waals surface area (Å²) in [5.74, 6) is 0.0257. The van der Waals surface area contributed by atoms with E-state index in [4.69, 9.17) is 9.47 Å². The second kappa shape index (κ2) is 8.72. The van der Waals surface area contributed by atoms with Gasteiger partial charge in [-0.3, -0.25) is 9.69 Å². The predicted octanol–water partition coefficient (Wildman–Crippen LogP) is 3.97. The minimum atomic E-state index is -1.73. The van der Waals surface area contributed by atoms with Gasteiger partial charge in [0.2, 0.25) is 17.1 Å². The lowest BCUT2D eigenvalue weighted by Crippen LogP contribution is -2.58. The van der Waals surface area contributed by atoms with Crippen molar-refractivity contribution in [1.82, 2.24) is 4.90 Å². The van der Waals surface area contributed by atoms with E-state index in [1.165, 1.54) is 5.56 Å². The molecule has 0 amide bonds. The fourth-order valence-electron chi connectivity index (χ4n) is 4.14. The lowest BCUT2D eigenvalue weighted by Gasteiger charge is -2.46. The van der Waals surface area contributed by atoms with Gasteiger partial charge >= 0.3 is 0 Å². The molecule has 0 spiro atoms. The van der Waals surface area contributed by atoms with Crippen LogP contribution in [0.15, 0.2) is 53.5 Å². The molecule has 0 fully saturated rings. The van der Waals surface area contributed by atoms with E-state index in [2.05, 4.69) is 17.0 Å². The quantitative estimate of drug-likeness (QED) is 0.670. The van der Waals surface area contributed by atoms with Gasteiger partial charge in [-0.15, -0.1) is 0 Å². The predicted molar refractivity (Wildman–Crippen MR) is 113 cm³/mol. The number of hydrogen-bond acceptors (Lipinski definition) is 5. The summed E-state index contributed by atoms with van der Waals surface area (Å²) >= 11 is 0. The first-order valence-electron chi connectivity index (χ1n) is 10.5. The third kappa shape index (κ3) is 4.26. The van der Waals surface area contributed by atoms with Gasteiger partial charge in [-0.1, -0.05) is 36.4 Å². The number of carbonyl (C=O) groups is 1. The van der Waals surface area contributed by atoms with Crippen LogP contribution in [0.3, 0.4) is 0 Å². The Morgan fingerprint density at radius 1 is 1.14 bits per heavy atom. The Balaban J connectivity index is 1.91. The second-order valence-electron chi connectivity index (χ2n) is 8.54. The lowest BCUT2D eigenvalue weighted by atomic mass is 9.71. The van der Waals surface area contributed by atoms with Gasteiger partial charge in [0.25, 0.3) is 0 Å². The molecule has 0 radical (unpaired) electrons. The van der Waals surface area contributed by atoms with Crippen molar-refractivity contribution in [3.63, 3.8) is 0 Å². The largest absolute Gasteiger partial charge is 0.487 e. The first-order valence-corrected chi connectivity index (χ1v) is 10.5. The summed E-state index contributed by atoms with van der Waals surface area (Å²) in [7, 11) is 2.04. The van der Waals surface area contributed by atoms with E-state index >= 15 is 0 Å². The van der Waals surface area contributed by atoms with Gasteiger partial charge in [-0.25, -0.2) is 0 Å². The molecule has 2 atom stereocenters. The zero-order chi connectivity index (χ0) is 21.2. The molecule has 3 rings (SSSR count). The second-order valence-corrected chi connectivity index (χ2v) is 8.54. The molecule has 158 valence electrons. The van der Waals surface area contributed by atoms with Crippen LogP contribution >= 0.6 is 0 Å². The normalized spacial score (nSPS) is 24.8. The zero-order valence-electron chi connectivity index (χ0n) is 18.1. The van der Waals surface area contributed by atoms with Crippen LogP contribution in [0.25, 0.3) is 0 Å². The summed E-state index contributed by atoms with van der Waals surface area (Å²) in [4.78, 5) is 15.3. The molecule has 1 N–H and O–H groups in total. The summed E-state index contributed by atoms with van der Waals surface area (Å²) < 4.78 is 11.6. The third-order valence-electron chi connectivity index (χ3n) is 5.41. The highest BCUT2D eigenvalue weighted by atomic mass is 16.6. The number of carbonyl (C=O) groups excluding carboxylic acids is 1. The van der Waals surface area contributed by atoms with E-state index in [1.54, 1.807) is 0 Å². The van der Waals surface area contributed by atoms with Gasteiger partial charge in [0.1, 0.15) is 0 Å². The molecule has 0 saturated carbocycles. The Morgan fingerprint density at radius 2 is 1.79 bits per heavy atom. The van der Waals surface area contributed by atoms with Crippen molar-refractivity contribution >= 4 is 5.78 Å². The van der Waals surface area contributed by atoms with Crippen molar-refractivity contribution in [2.24, 2.45) is 0 Å². The number of benzene rings is 1. The minimum Gasteiger partial charge on any atom is -0.487 e. The maximum absolute atomic E-state index is 13.1. The lowest BCUT2D eigenvalue weighted by molar-refractivity contribution is -0.146. The fraction of sp³-hybridized carbons (Fsp3) is 0.542. The minimum absolute atomic E-state index is 0.0377. The number of Topliss-reactive ketones (excluding diaryl/α,β-unsaturated/α-hetero) is 1. The highest BCUT2D eigenvalue weighted by Crippen LogP contribution is 2.46. The summed E-state index contributed by atoms with van der Waals surface area (Å²) in [5.41, 5.74) is 0.189. The number of likely N-dealkylation sites (N-methyl/N-ethyl adjacent to an activating group) is 1. The van der Waals surface area contributed by atoms with Gasteiger partial charge < -0.3 is 14.6 Å². The average Bonchev–Trinajstić information content (AvgIpc) is 2.70. The van der Waals surface area contributed by atoms with Crippen molar-refractivity contribution in [3.05, 3.63) is 59.1 Å². The van der Waals surface area contributed by atoms with Gasteiger partial charge in [-0.2, -0.15) is 0 Å². The average molecular weight is 400 g/mol. The van der Waals surface area contributed by atoms with Crippen LogP contribution in [0.5, 0.6) is 0 Å². The number of ketones is 1. The van der Waals surface area contributed by atoms with E-state index in [1.807, 2.05) is 59.0 Å². The van der Waals surface area contributed by atoms with E-state index in [-0.39, 0.29) is 29.8 Å². The highest BCUT2D eigenvalue weighted by molar-refractivity contribution is 6.12. The number of allylic oxidation sites excluding steroid dienone is 1. The summed E-state index contributed by atoms with van der Waals surface area (Å²) in [6, 6.07) is 10.2. The molecule has 0 unspecified atom stereocenters. The van der Waals surface area contributed by atoms with Gasteiger partial charge in [0.05, 0.1) is 12.2 Å². The maximum atomic E-state index is 13.1. The molecule has 0 saturated heterocycles. The van der Waals surface area contributed by atoms with E-state index in [0.717, 1.165) is 31.4 Å². The molecule has 5 heteroatoms. The standard InChI is InChI=1S/C24H33NO4/c1-16(2)28-21-22(26)24(27,23(21)29-17(3)4)19-13-9-10-14-20(19)25(5)15-18-11-7-6-8-12-18/h6-8,11-13,16-17,20,27H,9-10,14-15H2,1-5H3/t20-,24+/m0/s1. The number of rotatable bonds is 8. The van der Waals surface area contributed by atoms with Crippen LogP contribution in [0.1, 0.15) is 52.5 Å². The van der Waals surface area contributed by atoms with Gasteiger partial charge in [-0.05, 0) is 65.1 Å². The molecule has 0 heterocycles. The van der Waals surface area contributed by atoms with Crippen LogP contribution in [0.4, 0.5) is 0 Å². The Kier molecular flexibility index (Phi) is 6.49. The molecule has 2 aliphatic rings. The van der Waals surface area contributed by atoms with Crippen LogP contribution < -0.4 is 0 Å². The molecule has 1 aromatic carbocycles. The number of ether oxygens (including phenoxy) is 2.